The number of likely N-dealkylation sites (tertiary alicyclic amines) is 1. The first-order valence-corrected chi connectivity index (χ1v) is 10.2. The average molecular weight is 400 g/mol. The quantitative estimate of drug-likeness (QED) is 0.551. The first kappa shape index (κ1) is 21.0. The zero-order valence-corrected chi connectivity index (χ0v) is 17.2. The Morgan fingerprint density at radius 1 is 1.24 bits per heavy atom. The molecule has 0 amide bonds. The lowest BCUT2D eigenvalue weighted by Crippen LogP contribution is -2.48. The van der Waals surface area contributed by atoms with E-state index in [2.05, 4.69) is 32.4 Å². The Hall–Kier alpha value is -2.67. The van der Waals surface area contributed by atoms with Gasteiger partial charge in [-0.3, -0.25) is 4.99 Å². The molecule has 1 aliphatic rings. The number of benzene rings is 1. The van der Waals surface area contributed by atoms with Crippen molar-refractivity contribution in [1.82, 2.24) is 20.5 Å². The molecule has 2 N–H and O–H groups in total. The molecule has 0 unspecified atom stereocenters. The van der Waals surface area contributed by atoms with E-state index >= 15 is 0 Å². The first-order chi connectivity index (χ1) is 14.2. The molecule has 0 bridgehead atoms. The Morgan fingerprint density at radius 3 is 2.69 bits per heavy atom. The van der Waals surface area contributed by atoms with Gasteiger partial charge >= 0.3 is 0 Å². The number of halogens is 1. The minimum Gasteiger partial charge on any atom is -0.439 e. The number of guanidine groups is 1. The van der Waals surface area contributed by atoms with Crippen LogP contribution in [-0.2, 0) is 6.54 Å². The molecule has 7 heteroatoms. The maximum absolute atomic E-state index is 13.0. The first-order valence-electron chi connectivity index (χ1n) is 10.2. The van der Waals surface area contributed by atoms with E-state index in [1.54, 1.807) is 25.4 Å². The SMILES string of the molecule is CCCN1CCC(NC(=NC)NCc2ccnc(Oc3ccc(F)cc3)c2)CC1. The van der Waals surface area contributed by atoms with Crippen LogP contribution in [0.1, 0.15) is 31.7 Å². The van der Waals surface area contributed by atoms with Gasteiger partial charge in [-0.15, -0.1) is 0 Å². The van der Waals surface area contributed by atoms with Gasteiger partial charge in [-0.05, 0) is 61.7 Å². The van der Waals surface area contributed by atoms with E-state index in [0.717, 1.165) is 37.5 Å². The average Bonchev–Trinajstić information content (AvgIpc) is 2.74. The van der Waals surface area contributed by atoms with E-state index in [-0.39, 0.29) is 5.82 Å². The predicted octanol–water partition coefficient (Wildman–Crippen LogP) is 3.55. The van der Waals surface area contributed by atoms with Crippen LogP contribution < -0.4 is 15.4 Å². The fourth-order valence-corrected chi connectivity index (χ4v) is 3.43. The molecule has 1 aromatic carbocycles. The zero-order valence-electron chi connectivity index (χ0n) is 17.2. The highest BCUT2D eigenvalue weighted by Crippen LogP contribution is 2.20. The van der Waals surface area contributed by atoms with E-state index in [1.165, 1.54) is 25.1 Å². The molecule has 29 heavy (non-hydrogen) atoms. The number of aliphatic imine (C=N–C) groups is 1. The number of hydrogen-bond acceptors (Lipinski definition) is 4. The van der Waals surface area contributed by atoms with Gasteiger partial charge in [0, 0.05) is 45.0 Å². The Morgan fingerprint density at radius 2 is 2.00 bits per heavy atom. The number of nitrogens with one attached hydrogen (secondary N) is 2. The summed E-state index contributed by atoms with van der Waals surface area (Å²) in [6.07, 6.45) is 5.17. The van der Waals surface area contributed by atoms with Crippen LogP contribution in [0.5, 0.6) is 11.6 Å². The number of ether oxygens (including phenoxy) is 1. The van der Waals surface area contributed by atoms with Crippen molar-refractivity contribution in [3.05, 3.63) is 54.0 Å². The number of aromatic nitrogens is 1. The van der Waals surface area contributed by atoms with Crippen LogP contribution in [0.4, 0.5) is 4.39 Å². The van der Waals surface area contributed by atoms with Gasteiger partial charge in [-0.25, -0.2) is 9.37 Å². The van der Waals surface area contributed by atoms with Crippen molar-refractivity contribution in [2.45, 2.75) is 38.8 Å². The van der Waals surface area contributed by atoms with Crippen molar-refractivity contribution >= 4 is 5.96 Å². The van der Waals surface area contributed by atoms with E-state index < -0.39 is 0 Å². The van der Waals surface area contributed by atoms with Gasteiger partial charge < -0.3 is 20.3 Å². The van der Waals surface area contributed by atoms with Crippen LogP contribution in [0.2, 0.25) is 0 Å². The smallest absolute Gasteiger partial charge is 0.219 e. The Labute approximate surface area is 172 Å². The van der Waals surface area contributed by atoms with Crippen LogP contribution in [0, 0.1) is 5.82 Å². The van der Waals surface area contributed by atoms with Gasteiger partial charge in [0.05, 0.1) is 0 Å². The molecule has 1 aromatic heterocycles. The normalized spacial score (nSPS) is 15.9. The van der Waals surface area contributed by atoms with E-state index in [9.17, 15) is 4.39 Å². The summed E-state index contributed by atoms with van der Waals surface area (Å²) in [6, 6.07) is 10.1. The largest absolute Gasteiger partial charge is 0.439 e. The van der Waals surface area contributed by atoms with Crippen molar-refractivity contribution in [2.75, 3.05) is 26.7 Å². The number of piperidine rings is 1. The third-order valence-electron chi connectivity index (χ3n) is 4.99. The standard InChI is InChI=1S/C22H30FN5O/c1-3-12-28-13-9-19(10-14-28)27-22(24-2)26-16-17-8-11-25-21(15-17)29-20-6-4-18(23)5-7-20/h4-8,11,15,19H,3,9-10,12-14,16H2,1-2H3,(H2,24,26,27). The minimum absolute atomic E-state index is 0.293. The lowest BCUT2D eigenvalue weighted by Gasteiger charge is -2.32. The second-order valence-corrected chi connectivity index (χ2v) is 7.24. The van der Waals surface area contributed by atoms with Gasteiger partial charge in [0.2, 0.25) is 5.88 Å². The number of rotatable bonds is 7. The fourth-order valence-electron chi connectivity index (χ4n) is 3.43. The third kappa shape index (κ3) is 6.71. The molecule has 6 nitrogen and oxygen atoms in total. The summed E-state index contributed by atoms with van der Waals surface area (Å²) in [4.78, 5) is 11.1. The molecule has 0 saturated carbocycles. The third-order valence-corrected chi connectivity index (χ3v) is 4.99. The molecule has 1 fully saturated rings. The molecular weight excluding hydrogens is 369 g/mol. The van der Waals surface area contributed by atoms with Crippen molar-refractivity contribution < 1.29 is 9.13 Å². The van der Waals surface area contributed by atoms with Crippen molar-refractivity contribution in [3.8, 4) is 11.6 Å². The van der Waals surface area contributed by atoms with Crippen molar-refractivity contribution in [1.29, 1.82) is 0 Å². The molecule has 0 spiro atoms. The summed E-state index contributed by atoms with van der Waals surface area (Å²) < 4.78 is 18.7. The van der Waals surface area contributed by atoms with Gasteiger partial charge in [0.15, 0.2) is 5.96 Å². The molecular formula is C22H30FN5O. The maximum atomic E-state index is 13.0. The molecule has 1 aliphatic heterocycles. The van der Waals surface area contributed by atoms with Gasteiger partial charge in [-0.1, -0.05) is 6.92 Å². The molecule has 2 heterocycles. The predicted molar refractivity (Wildman–Crippen MR) is 114 cm³/mol. The Kier molecular flexibility index (Phi) is 7.81. The molecule has 0 aliphatic carbocycles. The second-order valence-electron chi connectivity index (χ2n) is 7.24. The number of pyridine rings is 1. The lowest BCUT2D eigenvalue weighted by molar-refractivity contribution is 0.206. The second kappa shape index (κ2) is 10.8. The maximum Gasteiger partial charge on any atom is 0.219 e. The van der Waals surface area contributed by atoms with Crippen LogP contribution in [0.15, 0.2) is 47.6 Å². The molecule has 0 radical (unpaired) electrons. The summed E-state index contributed by atoms with van der Waals surface area (Å²) >= 11 is 0. The van der Waals surface area contributed by atoms with Gasteiger partial charge in [0.25, 0.3) is 0 Å². The van der Waals surface area contributed by atoms with Gasteiger partial charge in [0.1, 0.15) is 11.6 Å². The topological polar surface area (TPSA) is 61.8 Å². The monoisotopic (exact) mass is 399 g/mol. The summed E-state index contributed by atoms with van der Waals surface area (Å²) in [5, 5.41) is 6.89. The minimum atomic E-state index is -0.293. The van der Waals surface area contributed by atoms with Crippen LogP contribution >= 0.6 is 0 Å². The summed E-state index contributed by atoms with van der Waals surface area (Å²) in [7, 11) is 1.79. The summed E-state index contributed by atoms with van der Waals surface area (Å²) in [5.41, 5.74) is 1.03. The van der Waals surface area contributed by atoms with Gasteiger partial charge in [-0.2, -0.15) is 0 Å². The Bertz CT molecular complexity index is 788. The van der Waals surface area contributed by atoms with Crippen LogP contribution in [0.25, 0.3) is 0 Å². The highest BCUT2D eigenvalue weighted by molar-refractivity contribution is 5.79. The highest BCUT2D eigenvalue weighted by atomic mass is 19.1. The molecule has 0 atom stereocenters. The van der Waals surface area contributed by atoms with Crippen molar-refractivity contribution in [2.24, 2.45) is 4.99 Å². The van der Waals surface area contributed by atoms with Crippen LogP contribution in [0.3, 0.4) is 0 Å². The van der Waals surface area contributed by atoms with Crippen molar-refractivity contribution in [3.63, 3.8) is 0 Å². The Balaban J connectivity index is 1.49. The summed E-state index contributed by atoms with van der Waals surface area (Å²) in [5.74, 6) is 1.54. The summed E-state index contributed by atoms with van der Waals surface area (Å²) in [6.45, 7) is 6.29. The highest BCUT2D eigenvalue weighted by Gasteiger charge is 2.19. The molecule has 3 rings (SSSR count). The molecule has 156 valence electrons. The number of nitrogens with zero attached hydrogens (tertiary/aromatic N) is 3. The lowest BCUT2D eigenvalue weighted by atomic mass is 10.1. The van der Waals surface area contributed by atoms with Crippen LogP contribution in [-0.4, -0.2) is 48.6 Å². The fraction of sp³-hybridized carbons (Fsp3) is 0.455. The van der Waals surface area contributed by atoms with E-state index in [1.807, 2.05) is 12.1 Å². The number of hydrogen-bond donors (Lipinski definition) is 2. The van der Waals surface area contributed by atoms with E-state index in [4.69, 9.17) is 4.74 Å². The molecule has 1 saturated heterocycles. The zero-order chi connectivity index (χ0) is 20.5. The molecule has 2 aromatic rings. The van der Waals surface area contributed by atoms with E-state index in [0.29, 0.717) is 24.2 Å².